The van der Waals surface area contributed by atoms with Crippen molar-refractivity contribution < 1.29 is 27.4 Å². The van der Waals surface area contributed by atoms with Crippen LogP contribution in [0.2, 0.25) is 0 Å². The fraction of sp³-hybridized carbons (Fsp3) is 0.333. The van der Waals surface area contributed by atoms with Gasteiger partial charge in [0.05, 0.1) is 12.7 Å². The summed E-state index contributed by atoms with van der Waals surface area (Å²) in [7, 11) is 0. The van der Waals surface area contributed by atoms with Crippen LogP contribution in [0, 0.1) is 29.2 Å². The van der Waals surface area contributed by atoms with E-state index < -0.39 is 29.4 Å². The Morgan fingerprint density at radius 1 is 0.861 bits per heavy atom. The second kappa shape index (κ2) is 11.3. The molecule has 1 unspecified atom stereocenters. The summed E-state index contributed by atoms with van der Waals surface area (Å²) in [4.78, 5) is 0. The molecule has 0 radical (unpaired) electrons. The zero-order valence-corrected chi connectivity index (χ0v) is 20.4. The highest BCUT2D eigenvalue weighted by Gasteiger charge is 2.26. The van der Waals surface area contributed by atoms with Gasteiger partial charge in [0.1, 0.15) is 0 Å². The summed E-state index contributed by atoms with van der Waals surface area (Å²) in [5.41, 5.74) is 1.98. The van der Waals surface area contributed by atoms with Gasteiger partial charge in [-0.2, -0.15) is 4.39 Å². The summed E-state index contributed by atoms with van der Waals surface area (Å²) in [6.45, 7) is 3.60. The quantitative estimate of drug-likeness (QED) is 0.332. The van der Waals surface area contributed by atoms with Gasteiger partial charge in [0, 0.05) is 11.1 Å². The maximum absolute atomic E-state index is 15.1. The third kappa shape index (κ3) is 5.49. The van der Waals surface area contributed by atoms with Crippen LogP contribution < -0.4 is 4.74 Å². The van der Waals surface area contributed by atoms with E-state index in [0.29, 0.717) is 29.5 Å². The van der Waals surface area contributed by atoms with E-state index in [-0.39, 0.29) is 35.3 Å². The highest BCUT2D eigenvalue weighted by atomic mass is 19.2. The number of hydrogen-bond acceptors (Lipinski definition) is 2. The van der Waals surface area contributed by atoms with Crippen LogP contribution in [0.1, 0.15) is 68.2 Å². The standard InChI is InChI=1S/C30H30F4O2/c1-3-36-26-17-14-23(27(31)30(26)34)9-6-19-4-7-21(8-5-19)24-15-16-25(29(33)28(24)32)22-12-10-20(11-13-22)18(2)35/h6,9-19,21,35H,3-5,7-8H2,1-2H3/b9-6+. The minimum atomic E-state index is -0.998. The van der Waals surface area contributed by atoms with Crippen LogP contribution in [0.15, 0.2) is 54.6 Å². The fourth-order valence-corrected chi connectivity index (χ4v) is 4.85. The lowest BCUT2D eigenvalue weighted by atomic mass is 9.78. The Morgan fingerprint density at radius 2 is 1.56 bits per heavy atom. The average molecular weight is 499 g/mol. The first kappa shape index (κ1) is 26.0. The van der Waals surface area contributed by atoms with Crippen molar-refractivity contribution in [3.63, 3.8) is 0 Å². The van der Waals surface area contributed by atoms with Crippen LogP contribution in [0.3, 0.4) is 0 Å². The molecule has 190 valence electrons. The van der Waals surface area contributed by atoms with Crippen molar-refractivity contribution in [2.75, 3.05) is 6.61 Å². The van der Waals surface area contributed by atoms with Crippen LogP contribution >= 0.6 is 0 Å². The molecule has 0 heterocycles. The van der Waals surface area contributed by atoms with E-state index in [1.54, 1.807) is 56.3 Å². The smallest absolute Gasteiger partial charge is 0.201 e. The van der Waals surface area contributed by atoms with Gasteiger partial charge in [0.25, 0.3) is 0 Å². The average Bonchev–Trinajstić information content (AvgIpc) is 2.88. The second-order valence-electron chi connectivity index (χ2n) is 9.31. The number of allylic oxidation sites excluding steroid dienone is 1. The van der Waals surface area contributed by atoms with Gasteiger partial charge < -0.3 is 9.84 Å². The van der Waals surface area contributed by atoms with Crippen LogP contribution in [0.5, 0.6) is 5.75 Å². The van der Waals surface area contributed by atoms with Gasteiger partial charge in [-0.1, -0.05) is 48.6 Å². The molecular weight excluding hydrogens is 468 g/mol. The Morgan fingerprint density at radius 3 is 2.19 bits per heavy atom. The number of rotatable bonds is 7. The number of halogens is 4. The highest BCUT2D eigenvalue weighted by molar-refractivity contribution is 5.65. The van der Waals surface area contributed by atoms with Crippen molar-refractivity contribution in [1.29, 1.82) is 0 Å². The van der Waals surface area contributed by atoms with Gasteiger partial charge in [-0.25, -0.2) is 13.2 Å². The maximum atomic E-state index is 15.1. The third-order valence-electron chi connectivity index (χ3n) is 6.95. The molecule has 2 nitrogen and oxygen atoms in total. The van der Waals surface area contributed by atoms with Crippen LogP contribution in [0.4, 0.5) is 17.6 Å². The second-order valence-corrected chi connectivity index (χ2v) is 9.31. The molecule has 0 saturated heterocycles. The Hall–Kier alpha value is -3.12. The van der Waals surface area contributed by atoms with E-state index in [4.69, 9.17) is 4.74 Å². The molecule has 0 aliphatic heterocycles. The molecule has 1 N–H and O–H groups in total. The Kier molecular flexibility index (Phi) is 8.14. The van der Waals surface area contributed by atoms with E-state index in [2.05, 4.69) is 0 Å². The monoisotopic (exact) mass is 498 g/mol. The summed E-state index contributed by atoms with van der Waals surface area (Å²) in [5.74, 6) is -3.69. The predicted molar refractivity (Wildman–Crippen MR) is 134 cm³/mol. The highest BCUT2D eigenvalue weighted by Crippen LogP contribution is 2.39. The van der Waals surface area contributed by atoms with Crippen LogP contribution in [-0.4, -0.2) is 11.7 Å². The summed E-state index contributed by atoms with van der Waals surface area (Å²) >= 11 is 0. The van der Waals surface area contributed by atoms with Gasteiger partial charge in [0.2, 0.25) is 5.82 Å². The molecular formula is C30H30F4O2. The first-order valence-electron chi connectivity index (χ1n) is 12.3. The molecule has 6 heteroatoms. The molecule has 1 saturated carbocycles. The van der Waals surface area contributed by atoms with Crippen LogP contribution in [-0.2, 0) is 0 Å². The van der Waals surface area contributed by atoms with E-state index in [0.717, 1.165) is 12.8 Å². The third-order valence-corrected chi connectivity index (χ3v) is 6.95. The normalized spacial score (nSPS) is 19.0. The van der Waals surface area contributed by atoms with Crippen molar-refractivity contribution >= 4 is 6.08 Å². The lowest BCUT2D eigenvalue weighted by molar-refractivity contribution is 0.199. The van der Waals surface area contributed by atoms with E-state index >= 15 is 4.39 Å². The number of ether oxygens (including phenoxy) is 1. The van der Waals surface area contributed by atoms with Gasteiger partial charge >= 0.3 is 0 Å². The molecule has 3 aromatic carbocycles. The largest absolute Gasteiger partial charge is 0.491 e. The number of aliphatic hydroxyl groups is 1. The van der Waals surface area contributed by atoms with Crippen molar-refractivity contribution in [2.45, 2.75) is 51.6 Å². The minimum Gasteiger partial charge on any atom is -0.491 e. The van der Waals surface area contributed by atoms with Crippen LogP contribution in [0.25, 0.3) is 17.2 Å². The Balaban J connectivity index is 1.42. The zero-order chi connectivity index (χ0) is 25.8. The molecule has 1 aliphatic carbocycles. The predicted octanol–water partition coefficient (Wildman–Crippen LogP) is 8.35. The van der Waals surface area contributed by atoms with Crippen molar-refractivity contribution in [3.05, 3.63) is 94.6 Å². The number of benzene rings is 3. The molecule has 1 aliphatic rings. The molecule has 0 spiro atoms. The van der Waals surface area contributed by atoms with Gasteiger partial charge in [-0.15, -0.1) is 0 Å². The van der Waals surface area contributed by atoms with Crippen molar-refractivity contribution in [3.8, 4) is 16.9 Å². The Labute approximate surface area is 209 Å². The zero-order valence-electron chi connectivity index (χ0n) is 20.4. The van der Waals surface area contributed by atoms with Gasteiger partial charge in [-0.05, 0) is 80.2 Å². The fourth-order valence-electron chi connectivity index (χ4n) is 4.85. The molecule has 0 aromatic heterocycles. The topological polar surface area (TPSA) is 29.5 Å². The molecule has 3 aromatic rings. The maximum Gasteiger partial charge on any atom is 0.201 e. The first-order chi connectivity index (χ1) is 17.3. The molecule has 1 fully saturated rings. The van der Waals surface area contributed by atoms with E-state index in [9.17, 15) is 18.3 Å². The summed E-state index contributed by atoms with van der Waals surface area (Å²) in [6, 6.07) is 12.9. The summed E-state index contributed by atoms with van der Waals surface area (Å²) < 4.78 is 63.5. The minimum absolute atomic E-state index is 0.101. The van der Waals surface area contributed by atoms with E-state index in [1.165, 1.54) is 12.1 Å². The van der Waals surface area contributed by atoms with Crippen molar-refractivity contribution in [1.82, 2.24) is 0 Å². The number of aliphatic hydroxyl groups excluding tert-OH is 1. The SMILES string of the molecule is CCOc1ccc(/C=C/C2CCC(c3ccc(-c4ccc(C(C)O)cc4)c(F)c3F)CC2)c(F)c1F. The Bertz CT molecular complexity index is 1230. The van der Waals surface area contributed by atoms with Gasteiger partial charge in [-0.3, -0.25) is 0 Å². The van der Waals surface area contributed by atoms with E-state index in [1.807, 2.05) is 6.08 Å². The number of hydrogen-bond donors (Lipinski definition) is 1. The lowest BCUT2D eigenvalue weighted by Crippen LogP contribution is -2.13. The first-order valence-corrected chi connectivity index (χ1v) is 12.3. The van der Waals surface area contributed by atoms with Crippen molar-refractivity contribution in [2.24, 2.45) is 5.92 Å². The summed E-state index contributed by atoms with van der Waals surface area (Å²) in [6.07, 6.45) is 5.65. The molecule has 4 rings (SSSR count). The lowest BCUT2D eigenvalue weighted by Gasteiger charge is -2.27. The molecule has 1 atom stereocenters. The van der Waals surface area contributed by atoms with Gasteiger partial charge in [0.15, 0.2) is 23.2 Å². The molecule has 36 heavy (non-hydrogen) atoms. The molecule has 0 bridgehead atoms. The summed E-state index contributed by atoms with van der Waals surface area (Å²) in [5, 5.41) is 9.65. The molecule has 0 amide bonds.